The lowest BCUT2D eigenvalue weighted by molar-refractivity contribution is -0.143. The van der Waals surface area contributed by atoms with Crippen LogP contribution in [0.2, 0.25) is 0 Å². The monoisotopic (exact) mass is 708 g/mol. The second-order valence-electron chi connectivity index (χ2n) is 13.3. The maximum atomic E-state index is 13.7. The Hall–Kier alpha value is -4.91. The van der Waals surface area contributed by atoms with Crippen molar-refractivity contribution in [3.8, 4) is 17.0 Å². The minimum Gasteiger partial charge on any atom is -0.497 e. The highest BCUT2D eigenvalue weighted by atomic mass is 19.4. The molecule has 7 nitrogen and oxygen atoms in total. The molecular weight excluding hydrogens is 674 g/mol. The second-order valence-corrected chi connectivity index (χ2v) is 13.3. The molecule has 266 valence electrons. The Labute approximate surface area is 289 Å². The molecule has 5 atom stereocenters. The summed E-state index contributed by atoms with van der Waals surface area (Å²) in [6.07, 6.45) is -7.41. The summed E-state index contributed by atoms with van der Waals surface area (Å²) in [6.45, 7) is 3.79. The van der Waals surface area contributed by atoms with E-state index in [1.807, 2.05) is 48.5 Å². The van der Waals surface area contributed by atoms with Crippen LogP contribution in [0.25, 0.3) is 22.2 Å². The molecule has 2 bridgehead atoms. The number of pyridine rings is 1. The van der Waals surface area contributed by atoms with Crippen LogP contribution in [0.4, 0.5) is 43.4 Å². The van der Waals surface area contributed by atoms with Gasteiger partial charge in [-0.05, 0) is 79.3 Å². The van der Waals surface area contributed by atoms with Gasteiger partial charge in [0.15, 0.2) is 0 Å². The van der Waals surface area contributed by atoms with Gasteiger partial charge in [0, 0.05) is 29.2 Å². The summed E-state index contributed by atoms with van der Waals surface area (Å²) in [5.41, 5.74) is -3.41. The van der Waals surface area contributed by atoms with Crippen LogP contribution in [-0.4, -0.2) is 36.1 Å². The number of alkyl halides is 6. The van der Waals surface area contributed by atoms with Gasteiger partial charge in [-0.2, -0.15) is 26.3 Å². The predicted molar refractivity (Wildman–Crippen MR) is 183 cm³/mol. The zero-order valence-corrected chi connectivity index (χ0v) is 27.7. The minimum atomic E-state index is -5.09. The normalized spacial score (nSPS) is 21.2. The number of piperidine rings is 3. The van der Waals surface area contributed by atoms with Crippen molar-refractivity contribution < 1.29 is 31.1 Å². The molecule has 0 saturated carbocycles. The first-order valence-corrected chi connectivity index (χ1v) is 16.7. The third-order valence-electron chi connectivity index (χ3n) is 10.4. The van der Waals surface area contributed by atoms with Crippen molar-refractivity contribution in [2.75, 3.05) is 30.8 Å². The van der Waals surface area contributed by atoms with Crippen molar-refractivity contribution >= 4 is 28.0 Å². The summed E-state index contributed by atoms with van der Waals surface area (Å²) >= 11 is 0. The average Bonchev–Trinajstić information content (AvgIpc) is 3.13. The Bertz CT molecular complexity index is 2130. The summed E-state index contributed by atoms with van der Waals surface area (Å²) in [4.78, 5) is 33.5. The molecular formula is C38H34F6N4O3. The van der Waals surface area contributed by atoms with Gasteiger partial charge in [-0.25, -0.2) is 4.98 Å². The van der Waals surface area contributed by atoms with Gasteiger partial charge >= 0.3 is 12.4 Å². The van der Waals surface area contributed by atoms with E-state index in [0.717, 1.165) is 48.9 Å². The van der Waals surface area contributed by atoms with Crippen molar-refractivity contribution in [1.82, 2.24) is 9.88 Å². The van der Waals surface area contributed by atoms with Gasteiger partial charge in [0.05, 0.1) is 35.5 Å². The lowest BCUT2D eigenvalue weighted by Gasteiger charge is -2.52. The number of nitrogens with one attached hydrogen (secondary N) is 2. The standard InChI is InChI=1S/C38H34F6N4O3/c1-3-20-19-48-12-11-22(20)13-31(48)32(28-18-30(21-7-5-4-6-8-21)46-29-10-9-26(51-2)17-27(28)29)47-34-33(35(49)36(34)50)45-25-15-23(37(39,40)41)14-24(16-25)38(42,43)44/h4-10,14-18,20,22,31-32,45,47H,3,11-13,19H2,1-2H3/t20?,22?,31?,32-/m0/s1. The Kier molecular flexibility index (Phi) is 8.81. The van der Waals surface area contributed by atoms with Crippen LogP contribution >= 0.6 is 0 Å². The highest BCUT2D eigenvalue weighted by molar-refractivity contribution is 5.88. The first-order valence-electron chi connectivity index (χ1n) is 16.7. The Morgan fingerprint density at radius 2 is 1.59 bits per heavy atom. The molecule has 0 spiro atoms. The minimum absolute atomic E-state index is 0.00572. The summed E-state index contributed by atoms with van der Waals surface area (Å²) in [5.74, 6) is 1.45. The molecule has 3 fully saturated rings. The molecule has 0 amide bonds. The molecule has 0 radical (unpaired) electrons. The second kappa shape index (κ2) is 13.0. The number of methoxy groups -OCH3 is 1. The number of anilines is 3. The molecule has 2 N–H and O–H groups in total. The molecule has 8 rings (SSSR count). The van der Waals surface area contributed by atoms with Crippen molar-refractivity contribution in [2.45, 2.75) is 50.6 Å². The van der Waals surface area contributed by atoms with Gasteiger partial charge in [0.2, 0.25) is 0 Å². The Morgan fingerprint density at radius 1 is 0.902 bits per heavy atom. The maximum absolute atomic E-state index is 13.7. The van der Waals surface area contributed by atoms with E-state index < -0.39 is 51.8 Å². The molecule has 3 aliphatic heterocycles. The zero-order valence-electron chi connectivity index (χ0n) is 27.7. The lowest BCUT2D eigenvalue weighted by atomic mass is 9.72. The van der Waals surface area contributed by atoms with Crippen molar-refractivity contribution in [3.63, 3.8) is 0 Å². The number of fused-ring (bicyclic) bond motifs is 4. The van der Waals surface area contributed by atoms with E-state index in [9.17, 15) is 35.9 Å². The Balaban J connectivity index is 1.37. The van der Waals surface area contributed by atoms with Crippen molar-refractivity contribution in [2.24, 2.45) is 11.8 Å². The third kappa shape index (κ3) is 6.55. The van der Waals surface area contributed by atoms with Crippen LogP contribution in [0.15, 0.2) is 82.4 Å². The van der Waals surface area contributed by atoms with Crippen LogP contribution in [0.5, 0.6) is 5.75 Å². The fourth-order valence-corrected chi connectivity index (χ4v) is 7.72. The SMILES string of the molecule is CCC1CN2CCC1CC2[C@@H](Nc1c(Nc2cc(C(F)(F)F)cc(C(F)(F)F)c2)c(=O)c1=O)c1cc(-c2ccccc2)nc2ccc(OC)cc12. The van der Waals surface area contributed by atoms with Crippen LogP contribution in [0, 0.1) is 11.8 Å². The molecule has 4 aromatic carbocycles. The van der Waals surface area contributed by atoms with Crippen molar-refractivity contribution in [1.29, 1.82) is 0 Å². The van der Waals surface area contributed by atoms with E-state index in [2.05, 4.69) is 22.5 Å². The molecule has 4 heterocycles. The summed E-state index contributed by atoms with van der Waals surface area (Å²) in [5, 5.41) is 6.46. The van der Waals surface area contributed by atoms with Gasteiger partial charge in [0.25, 0.3) is 10.9 Å². The number of ether oxygens (including phenoxy) is 1. The van der Waals surface area contributed by atoms with Gasteiger partial charge in [-0.1, -0.05) is 43.7 Å². The van der Waals surface area contributed by atoms with Gasteiger partial charge in [0.1, 0.15) is 17.1 Å². The smallest absolute Gasteiger partial charge is 0.416 e. The van der Waals surface area contributed by atoms with Gasteiger partial charge < -0.3 is 15.4 Å². The van der Waals surface area contributed by atoms with E-state index in [4.69, 9.17) is 9.72 Å². The highest BCUT2D eigenvalue weighted by Gasteiger charge is 2.44. The van der Waals surface area contributed by atoms with E-state index in [1.54, 1.807) is 13.2 Å². The molecule has 0 aliphatic carbocycles. The fourth-order valence-electron chi connectivity index (χ4n) is 7.72. The summed E-state index contributed by atoms with van der Waals surface area (Å²) in [7, 11) is 1.54. The summed E-state index contributed by atoms with van der Waals surface area (Å²) < 4.78 is 87.5. The molecule has 3 saturated heterocycles. The number of halogens is 6. The number of nitrogens with zero attached hydrogens (tertiary/aromatic N) is 2. The van der Waals surface area contributed by atoms with Gasteiger partial charge in [-0.3, -0.25) is 14.5 Å². The predicted octanol–water partition coefficient (Wildman–Crippen LogP) is 8.56. The van der Waals surface area contributed by atoms with Crippen molar-refractivity contribution in [3.05, 3.63) is 110 Å². The zero-order chi connectivity index (χ0) is 36.2. The first-order chi connectivity index (χ1) is 24.2. The van der Waals surface area contributed by atoms with E-state index >= 15 is 0 Å². The van der Waals surface area contributed by atoms with Crippen LogP contribution in [0.1, 0.15) is 48.9 Å². The number of hydrogen-bond acceptors (Lipinski definition) is 7. The molecule has 51 heavy (non-hydrogen) atoms. The topological polar surface area (TPSA) is 83.6 Å². The number of benzene rings is 3. The maximum Gasteiger partial charge on any atom is 0.416 e. The number of hydrogen-bond donors (Lipinski definition) is 2. The highest BCUT2D eigenvalue weighted by Crippen LogP contribution is 2.45. The molecule has 5 aromatic rings. The molecule has 4 unspecified atom stereocenters. The van der Waals surface area contributed by atoms with Crippen LogP contribution in [0.3, 0.4) is 0 Å². The van der Waals surface area contributed by atoms with Crippen LogP contribution in [-0.2, 0) is 12.4 Å². The molecule has 13 heteroatoms. The quantitative estimate of drug-likeness (QED) is 0.117. The lowest BCUT2D eigenvalue weighted by Crippen LogP contribution is -2.56. The fraction of sp³-hybridized carbons (Fsp3) is 0.342. The first kappa shape index (κ1) is 34.5. The molecule has 1 aromatic heterocycles. The molecule has 3 aliphatic rings. The van der Waals surface area contributed by atoms with Crippen LogP contribution < -0.4 is 26.2 Å². The Morgan fingerprint density at radius 3 is 2.20 bits per heavy atom. The number of aromatic nitrogens is 1. The van der Waals surface area contributed by atoms with E-state index in [0.29, 0.717) is 40.9 Å². The van der Waals surface area contributed by atoms with E-state index in [1.165, 1.54) is 0 Å². The average molecular weight is 709 g/mol. The third-order valence-corrected chi connectivity index (χ3v) is 10.4. The number of rotatable bonds is 9. The van der Waals surface area contributed by atoms with Gasteiger partial charge in [-0.15, -0.1) is 0 Å². The summed E-state index contributed by atoms with van der Waals surface area (Å²) in [6, 6.07) is 17.1. The van der Waals surface area contributed by atoms with E-state index in [-0.39, 0.29) is 17.8 Å². The largest absolute Gasteiger partial charge is 0.497 e.